The van der Waals surface area contributed by atoms with Gasteiger partial charge in [-0.1, -0.05) is 91.0 Å². The van der Waals surface area contributed by atoms with Gasteiger partial charge in [-0.05, 0) is 16.7 Å². The van der Waals surface area contributed by atoms with E-state index in [1.165, 1.54) is 0 Å². The number of aldehydes is 1. The number of aliphatic hydroxyl groups excluding tert-OH is 2. The molecule has 0 radical (unpaired) electrons. The van der Waals surface area contributed by atoms with Crippen LogP contribution in [0.4, 0.5) is 0 Å². The van der Waals surface area contributed by atoms with Gasteiger partial charge in [0.1, 0.15) is 23.6 Å². The second-order valence-electron chi connectivity index (χ2n) is 8.35. The maximum absolute atomic E-state index is 11.9. The number of rotatable bonds is 11. The van der Waals surface area contributed by atoms with Crippen molar-refractivity contribution in [2.75, 3.05) is 0 Å². The van der Waals surface area contributed by atoms with Crippen LogP contribution in [0, 0.1) is 0 Å². The summed E-state index contributed by atoms with van der Waals surface area (Å²) in [5.41, 5.74) is -2.06. The largest absolute Gasteiger partial charge is 0.390 e. The topological polar surface area (TPSA) is 98.0 Å². The molecule has 5 nitrogen and oxygen atoms in total. The zero-order valence-electron chi connectivity index (χ0n) is 17.9. The van der Waals surface area contributed by atoms with Crippen molar-refractivity contribution in [3.63, 3.8) is 0 Å². The average Bonchev–Trinajstić information content (AvgIpc) is 2.80. The fourth-order valence-electron chi connectivity index (χ4n) is 4.21. The fourth-order valence-corrected chi connectivity index (χ4v) is 4.21. The zero-order valence-corrected chi connectivity index (χ0v) is 17.9. The van der Waals surface area contributed by atoms with Crippen molar-refractivity contribution in [2.24, 2.45) is 0 Å². The molecule has 0 bridgehead atoms. The van der Waals surface area contributed by atoms with Crippen LogP contribution >= 0.6 is 0 Å². The molecule has 3 aromatic rings. The molecule has 0 aromatic heterocycles. The molecule has 4 N–H and O–H groups in total. The molecule has 0 aliphatic heterocycles. The first kappa shape index (κ1) is 23.8. The van der Waals surface area contributed by atoms with Gasteiger partial charge in [0.25, 0.3) is 0 Å². The minimum Gasteiger partial charge on any atom is -0.390 e. The Kier molecular flexibility index (Phi) is 7.94. The maximum atomic E-state index is 11.9. The average molecular weight is 435 g/mol. The maximum Gasteiger partial charge on any atom is 0.126 e. The van der Waals surface area contributed by atoms with E-state index in [1.54, 1.807) is 48.5 Å². The van der Waals surface area contributed by atoms with E-state index in [1.807, 2.05) is 42.5 Å². The van der Waals surface area contributed by atoms with Gasteiger partial charge in [-0.15, -0.1) is 0 Å². The highest BCUT2D eigenvalue weighted by molar-refractivity contribution is 5.53. The van der Waals surface area contributed by atoms with Crippen LogP contribution in [0.1, 0.15) is 23.1 Å². The quantitative estimate of drug-likeness (QED) is 0.348. The van der Waals surface area contributed by atoms with Crippen molar-refractivity contribution in [3.05, 3.63) is 108 Å². The van der Waals surface area contributed by atoms with E-state index in [0.29, 0.717) is 17.4 Å². The lowest BCUT2D eigenvalue weighted by Gasteiger charge is -2.47. The lowest BCUT2D eigenvalue weighted by atomic mass is 9.68. The number of benzene rings is 3. The molecule has 4 atom stereocenters. The zero-order chi connectivity index (χ0) is 23.0. The molecule has 32 heavy (non-hydrogen) atoms. The molecule has 0 fully saturated rings. The lowest BCUT2D eigenvalue weighted by Crippen LogP contribution is -2.66. The van der Waals surface area contributed by atoms with Crippen molar-refractivity contribution in [2.45, 2.75) is 49.1 Å². The summed E-state index contributed by atoms with van der Waals surface area (Å²) < 4.78 is 0. The van der Waals surface area contributed by atoms with E-state index >= 15 is 0 Å². The number of aliphatic hydroxyl groups is 4. The molecule has 168 valence electrons. The van der Waals surface area contributed by atoms with Crippen LogP contribution in [0.5, 0.6) is 0 Å². The molecule has 0 heterocycles. The minimum absolute atomic E-state index is 0.0645. The van der Waals surface area contributed by atoms with Gasteiger partial charge in [-0.3, -0.25) is 0 Å². The third kappa shape index (κ3) is 5.50. The van der Waals surface area contributed by atoms with Gasteiger partial charge in [0.05, 0.1) is 6.10 Å². The SMILES string of the molecule is O=CC[C@](O)(Cc1ccccc1)[C@@](O)(Cc1ccccc1)[C@H](O)C(O)Cc1ccccc1. The summed E-state index contributed by atoms with van der Waals surface area (Å²) in [6, 6.07) is 27.1. The summed E-state index contributed by atoms with van der Waals surface area (Å²) in [5.74, 6) is 0. The van der Waals surface area contributed by atoms with Crippen LogP contribution in [0.15, 0.2) is 91.0 Å². The summed E-state index contributed by atoms with van der Waals surface area (Å²) in [6.07, 6.45) is -3.06. The van der Waals surface area contributed by atoms with E-state index in [4.69, 9.17) is 0 Å². The molecular weight excluding hydrogens is 404 g/mol. The van der Waals surface area contributed by atoms with Crippen LogP contribution in [0.3, 0.4) is 0 Å². The van der Waals surface area contributed by atoms with Crippen molar-refractivity contribution < 1.29 is 25.2 Å². The minimum atomic E-state index is -2.20. The van der Waals surface area contributed by atoms with Gasteiger partial charge >= 0.3 is 0 Å². The highest BCUT2D eigenvalue weighted by atomic mass is 16.4. The first-order valence-corrected chi connectivity index (χ1v) is 10.7. The van der Waals surface area contributed by atoms with Gasteiger partial charge in [0.2, 0.25) is 0 Å². The Balaban J connectivity index is 2.00. The second-order valence-corrected chi connectivity index (χ2v) is 8.35. The van der Waals surface area contributed by atoms with Gasteiger partial charge in [-0.2, -0.15) is 0 Å². The van der Waals surface area contributed by atoms with Crippen LogP contribution in [-0.2, 0) is 24.1 Å². The molecule has 1 unspecified atom stereocenters. The van der Waals surface area contributed by atoms with E-state index in [0.717, 1.165) is 5.56 Å². The molecule has 0 saturated carbocycles. The summed E-state index contributed by atoms with van der Waals surface area (Å²) in [6.45, 7) is 0. The van der Waals surface area contributed by atoms with E-state index < -0.39 is 29.8 Å². The monoisotopic (exact) mass is 434 g/mol. The molecule has 0 aliphatic carbocycles. The highest BCUT2D eigenvalue weighted by Crippen LogP contribution is 2.37. The van der Waals surface area contributed by atoms with Gasteiger partial charge in [-0.25, -0.2) is 0 Å². The second kappa shape index (κ2) is 10.7. The Morgan fingerprint density at radius 3 is 1.59 bits per heavy atom. The summed E-state index contributed by atoms with van der Waals surface area (Å²) in [4.78, 5) is 11.6. The normalized spacial score (nSPS) is 17.0. The molecule has 3 rings (SSSR count). The molecule has 0 amide bonds. The summed E-state index contributed by atoms with van der Waals surface area (Å²) >= 11 is 0. The number of hydrogen-bond donors (Lipinski definition) is 4. The Labute approximate surface area is 188 Å². The molecule has 0 saturated heterocycles. The third-order valence-electron chi connectivity index (χ3n) is 6.02. The first-order valence-electron chi connectivity index (χ1n) is 10.7. The highest BCUT2D eigenvalue weighted by Gasteiger charge is 2.55. The van der Waals surface area contributed by atoms with E-state index in [9.17, 15) is 25.2 Å². The van der Waals surface area contributed by atoms with E-state index in [2.05, 4.69) is 0 Å². The van der Waals surface area contributed by atoms with Gasteiger partial charge in [0.15, 0.2) is 0 Å². The van der Waals surface area contributed by atoms with E-state index in [-0.39, 0.29) is 19.3 Å². The Morgan fingerprint density at radius 2 is 1.12 bits per heavy atom. The predicted molar refractivity (Wildman–Crippen MR) is 123 cm³/mol. The molecule has 0 spiro atoms. The molecular formula is C27H30O5. The van der Waals surface area contributed by atoms with Crippen LogP contribution in [0.25, 0.3) is 0 Å². The predicted octanol–water partition coefficient (Wildman–Crippen LogP) is 2.49. The number of carbonyl (C=O) groups is 1. The summed E-state index contributed by atoms with van der Waals surface area (Å²) in [7, 11) is 0. The lowest BCUT2D eigenvalue weighted by molar-refractivity contribution is -0.223. The Hall–Kier alpha value is -2.83. The summed E-state index contributed by atoms with van der Waals surface area (Å²) in [5, 5.41) is 45.6. The van der Waals surface area contributed by atoms with Gasteiger partial charge in [0, 0.05) is 25.7 Å². The van der Waals surface area contributed by atoms with Crippen LogP contribution in [-0.4, -0.2) is 50.1 Å². The van der Waals surface area contributed by atoms with Crippen LogP contribution < -0.4 is 0 Å². The smallest absolute Gasteiger partial charge is 0.126 e. The Morgan fingerprint density at radius 1 is 0.688 bits per heavy atom. The molecule has 5 heteroatoms. The van der Waals surface area contributed by atoms with Crippen LogP contribution in [0.2, 0.25) is 0 Å². The standard InChI is InChI=1S/C27H30O5/c28-17-16-26(31,19-22-12-6-2-7-13-22)27(32,20-23-14-8-3-9-15-23)25(30)24(29)18-21-10-4-1-5-11-21/h1-15,17,24-25,29-32H,16,18-20H2/t24?,25-,26+,27-/m1/s1. The molecule has 0 aliphatic rings. The van der Waals surface area contributed by atoms with Crippen molar-refractivity contribution >= 4 is 6.29 Å². The Bertz CT molecular complexity index is 963. The van der Waals surface area contributed by atoms with Crippen molar-refractivity contribution in [1.82, 2.24) is 0 Å². The number of carbonyl (C=O) groups excluding carboxylic acids is 1. The first-order chi connectivity index (χ1) is 15.4. The third-order valence-corrected chi connectivity index (χ3v) is 6.02. The van der Waals surface area contributed by atoms with Crippen molar-refractivity contribution in [1.29, 1.82) is 0 Å². The fraction of sp³-hybridized carbons (Fsp3) is 0.296. The molecule has 3 aromatic carbocycles. The number of hydrogen-bond acceptors (Lipinski definition) is 5. The van der Waals surface area contributed by atoms with Gasteiger partial charge < -0.3 is 25.2 Å². The van der Waals surface area contributed by atoms with Crippen molar-refractivity contribution in [3.8, 4) is 0 Å².